The number of hydrogen-bond acceptors (Lipinski definition) is 3. The molecule has 0 amide bonds. The van der Waals surface area contributed by atoms with E-state index in [1.165, 1.54) is 0 Å². The minimum absolute atomic E-state index is 0.591. The molecule has 118 valence electrons. The highest BCUT2D eigenvalue weighted by molar-refractivity contribution is 9.10. The third-order valence-corrected chi connectivity index (χ3v) is 4.14. The Kier molecular flexibility index (Phi) is 5.85. The Morgan fingerprint density at radius 1 is 1.32 bits per heavy atom. The molecule has 2 rings (SSSR count). The maximum absolute atomic E-state index is 6.21. The first-order valence-corrected chi connectivity index (χ1v) is 7.98. The second kappa shape index (κ2) is 7.65. The maximum atomic E-state index is 6.21. The zero-order valence-corrected chi connectivity index (χ0v) is 15.0. The molecule has 0 radical (unpaired) electrons. The van der Waals surface area contributed by atoms with Crippen LogP contribution in [0.15, 0.2) is 32.2 Å². The van der Waals surface area contributed by atoms with E-state index >= 15 is 0 Å². The molecular formula is C15H18BrClN4O. The van der Waals surface area contributed by atoms with Crippen molar-refractivity contribution >= 4 is 33.5 Å². The van der Waals surface area contributed by atoms with Crippen LogP contribution in [-0.4, -0.2) is 18.2 Å². The van der Waals surface area contributed by atoms with Gasteiger partial charge in [-0.1, -0.05) is 38.8 Å². The lowest BCUT2D eigenvalue weighted by Gasteiger charge is -2.12. The predicted molar refractivity (Wildman–Crippen MR) is 92.2 cm³/mol. The number of hydrogen-bond donors (Lipinski definition) is 2. The van der Waals surface area contributed by atoms with Crippen LogP contribution >= 0.6 is 27.5 Å². The van der Waals surface area contributed by atoms with Gasteiger partial charge in [-0.3, -0.25) is 4.99 Å². The van der Waals surface area contributed by atoms with Gasteiger partial charge in [0, 0.05) is 35.2 Å². The van der Waals surface area contributed by atoms with E-state index in [1.807, 2.05) is 32.0 Å². The summed E-state index contributed by atoms with van der Waals surface area (Å²) in [7, 11) is 1.73. The molecule has 5 nitrogen and oxygen atoms in total. The summed E-state index contributed by atoms with van der Waals surface area (Å²) in [5.41, 5.74) is 2.94. The SMILES string of the molecule is CN=C(NCc1ccc(Br)cc1Cl)NCc1c(C)noc1C. The van der Waals surface area contributed by atoms with Gasteiger partial charge in [-0.25, -0.2) is 0 Å². The molecule has 0 aliphatic heterocycles. The van der Waals surface area contributed by atoms with E-state index in [4.69, 9.17) is 16.1 Å². The molecule has 2 N–H and O–H groups in total. The molecule has 0 aliphatic rings. The fraction of sp³-hybridized carbons (Fsp3) is 0.333. The van der Waals surface area contributed by atoms with Crippen molar-refractivity contribution in [3.05, 3.63) is 50.3 Å². The molecule has 2 aromatic rings. The monoisotopic (exact) mass is 384 g/mol. The van der Waals surface area contributed by atoms with Gasteiger partial charge in [-0.05, 0) is 31.5 Å². The third-order valence-electron chi connectivity index (χ3n) is 3.30. The van der Waals surface area contributed by atoms with Crippen molar-refractivity contribution < 1.29 is 4.52 Å². The number of aryl methyl sites for hydroxylation is 2. The molecule has 0 spiro atoms. The summed E-state index contributed by atoms with van der Waals surface area (Å²) in [5.74, 6) is 1.51. The number of nitrogens with one attached hydrogen (secondary N) is 2. The van der Waals surface area contributed by atoms with E-state index in [0.717, 1.165) is 27.1 Å². The number of aliphatic imine (C=N–C) groups is 1. The zero-order chi connectivity index (χ0) is 16.1. The number of aromatic nitrogens is 1. The summed E-state index contributed by atoms with van der Waals surface area (Å²) in [6, 6.07) is 5.81. The first kappa shape index (κ1) is 16.8. The van der Waals surface area contributed by atoms with Crippen LogP contribution < -0.4 is 10.6 Å². The lowest BCUT2D eigenvalue weighted by atomic mass is 10.2. The van der Waals surface area contributed by atoms with Crippen LogP contribution in [0.5, 0.6) is 0 Å². The molecule has 0 unspecified atom stereocenters. The Balaban J connectivity index is 1.93. The van der Waals surface area contributed by atoms with Gasteiger partial charge in [0.2, 0.25) is 0 Å². The second-order valence-corrected chi connectivity index (χ2v) is 6.14. The van der Waals surface area contributed by atoms with Crippen LogP contribution in [0, 0.1) is 13.8 Å². The minimum atomic E-state index is 0.591. The molecule has 1 aromatic heterocycles. The van der Waals surface area contributed by atoms with E-state index in [1.54, 1.807) is 7.05 Å². The van der Waals surface area contributed by atoms with Crippen molar-refractivity contribution in [3.8, 4) is 0 Å². The molecule has 1 heterocycles. The number of guanidine groups is 1. The van der Waals surface area contributed by atoms with E-state index in [-0.39, 0.29) is 0 Å². The van der Waals surface area contributed by atoms with Gasteiger partial charge in [0.05, 0.1) is 5.69 Å². The molecule has 0 aliphatic carbocycles. The highest BCUT2D eigenvalue weighted by atomic mass is 79.9. The molecular weight excluding hydrogens is 368 g/mol. The summed E-state index contributed by atoms with van der Waals surface area (Å²) < 4.78 is 6.11. The number of halogens is 2. The number of benzene rings is 1. The molecule has 0 bridgehead atoms. The summed E-state index contributed by atoms with van der Waals surface area (Å²) in [6.45, 7) is 5.02. The van der Waals surface area contributed by atoms with Crippen LogP contribution in [0.3, 0.4) is 0 Å². The van der Waals surface area contributed by atoms with Gasteiger partial charge in [-0.2, -0.15) is 0 Å². The van der Waals surface area contributed by atoms with Gasteiger partial charge in [-0.15, -0.1) is 0 Å². The summed E-state index contributed by atoms with van der Waals surface area (Å²) in [5, 5.41) is 11.1. The molecule has 7 heteroatoms. The topological polar surface area (TPSA) is 62.5 Å². The maximum Gasteiger partial charge on any atom is 0.191 e. The van der Waals surface area contributed by atoms with Gasteiger partial charge in [0.15, 0.2) is 5.96 Å². The molecule has 0 fully saturated rings. The van der Waals surface area contributed by atoms with Crippen LogP contribution in [0.2, 0.25) is 5.02 Å². The zero-order valence-electron chi connectivity index (χ0n) is 12.7. The van der Waals surface area contributed by atoms with Gasteiger partial charge in [0.1, 0.15) is 5.76 Å². The number of rotatable bonds is 4. The first-order chi connectivity index (χ1) is 10.5. The first-order valence-electron chi connectivity index (χ1n) is 6.81. The largest absolute Gasteiger partial charge is 0.361 e. The van der Waals surface area contributed by atoms with E-state index in [0.29, 0.717) is 24.1 Å². The van der Waals surface area contributed by atoms with Gasteiger partial charge in [0.25, 0.3) is 0 Å². The quantitative estimate of drug-likeness (QED) is 0.624. The summed E-state index contributed by atoms with van der Waals surface area (Å²) >= 11 is 9.60. The minimum Gasteiger partial charge on any atom is -0.361 e. The average Bonchev–Trinajstić information content (AvgIpc) is 2.80. The molecule has 0 atom stereocenters. The Labute approximate surface area is 143 Å². The Hall–Kier alpha value is -1.53. The van der Waals surface area contributed by atoms with Crippen molar-refractivity contribution in [3.63, 3.8) is 0 Å². The van der Waals surface area contributed by atoms with E-state index < -0.39 is 0 Å². The van der Waals surface area contributed by atoms with Crippen LogP contribution in [0.25, 0.3) is 0 Å². The molecule has 1 aromatic carbocycles. The van der Waals surface area contributed by atoms with Crippen molar-refractivity contribution in [2.45, 2.75) is 26.9 Å². The van der Waals surface area contributed by atoms with Crippen molar-refractivity contribution in [2.75, 3.05) is 7.05 Å². The lowest BCUT2D eigenvalue weighted by molar-refractivity contribution is 0.392. The third kappa shape index (κ3) is 4.24. The molecule has 0 saturated carbocycles. The Morgan fingerprint density at radius 2 is 2.05 bits per heavy atom. The van der Waals surface area contributed by atoms with Crippen molar-refractivity contribution in [1.29, 1.82) is 0 Å². The predicted octanol–water partition coefficient (Wildman–Crippen LogP) is 3.57. The Morgan fingerprint density at radius 3 is 2.64 bits per heavy atom. The van der Waals surface area contributed by atoms with Crippen molar-refractivity contribution in [1.82, 2.24) is 15.8 Å². The van der Waals surface area contributed by atoms with Crippen LogP contribution in [0.1, 0.15) is 22.6 Å². The van der Waals surface area contributed by atoms with Crippen LogP contribution in [0.4, 0.5) is 0 Å². The molecule has 0 saturated heterocycles. The average molecular weight is 386 g/mol. The standard InChI is InChI=1S/C15H18BrClN4O/c1-9-13(10(2)22-21-9)8-20-15(18-3)19-7-11-4-5-12(16)6-14(11)17/h4-6H,7-8H2,1-3H3,(H2,18,19,20). The van der Waals surface area contributed by atoms with Gasteiger partial charge < -0.3 is 15.2 Å². The smallest absolute Gasteiger partial charge is 0.191 e. The summed E-state index contributed by atoms with van der Waals surface area (Å²) in [4.78, 5) is 4.20. The fourth-order valence-corrected chi connectivity index (χ4v) is 2.73. The van der Waals surface area contributed by atoms with Gasteiger partial charge >= 0.3 is 0 Å². The van der Waals surface area contributed by atoms with E-state index in [2.05, 4.69) is 36.7 Å². The molecule has 22 heavy (non-hydrogen) atoms. The highest BCUT2D eigenvalue weighted by Crippen LogP contribution is 2.21. The van der Waals surface area contributed by atoms with Crippen LogP contribution in [-0.2, 0) is 13.1 Å². The summed E-state index contributed by atoms with van der Waals surface area (Å²) in [6.07, 6.45) is 0. The highest BCUT2D eigenvalue weighted by Gasteiger charge is 2.09. The normalized spacial score (nSPS) is 11.6. The lowest BCUT2D eigenvalue weighted by Crippen LogP contribution is -2.36. The Bertz CT molecular complexity index is 665. The van der Waals surface area contributed by atoms with E-state index in [9.17, 15) is 0 Å². The second-order valence-electron chi connectivity index (χ2n) is 4.82. The van der Waals surface area contributed by atoms with Crippen molar-refractivity contribution in [2.24, 2.45) is 4.99 Å². The fourth-order valence-electron chi connectivity index (χ4n) is 1.99. The number of nitrogens with zero attached hydrogens (tertiary/aromatic N) is 2.